The number of hydrogen-bond acceptors (Lipinski definition) is 5. The third kappa shape index (κ3) is 3.81. The summed E-state index contributed by atoms with van der Waals surface area (Å²) in [6, 6.07) is 4.45. The minimum atomic E-state index is -1.22. The Morgan fingerprint density at radius 3 is 2.55 bits per heavy atom. The summed E-state index contributed by atoms with van der Waals surface area (Å²) in [7, 11) is 0. The van der Waals surface area contributed by atoms with Gasteiger partial charge in [-0.05, 0) is 30.0 Å². The third-order valence-electron chi connectivity index (χ3n) is 5.64. The average molecular weight is 446 g/mol. The van der Waals surface area contributed by atoms with Gasteiger partial charge < -0.3 is 20.1 Å². The molecule has 1 aromatic rings. The number of halogens is 3. The molecule has 0 spiro atoms. The number of anilines is 2. The summed E-state index contributed by atoms with van der Waals surface area (Å²) in [5.41, 5.74) is 0.724. The van der Waals surface area contributed by atoms with E-state index < -0.39 is 34.7 Å². The van der Waals surface area contributed by atoms with Crippen LogP contribution in [0, 0.1) is 23.6 Å². The van der Waals surface area contributed by atoms with Gasteiger partial charge >= 0.3 is 12.1 Å². The Kier molecular flexibility index (Phi) is 5.20. The average Bonchev–Trinajstić information content (AvgIpc) is 2.97. The van der Waals surface area contributed by atoms with Crippen molar-refractivity contribution in [2.45, 2.75) is 10.9 Å². The fraction of sp³-hybridized carbons (Fsp3) is 0.500. The highest BCUT2D eigenvalue weighted by Crippen LogP contribution is 2.52. The summed E-state index contributed by atoms with van der Waals surface area (Å²) >= 11 is 10.9. The number of nitrogens with zero attached hydrogens (tertiary/aromatic N) is 2. The van der Waals surface area contributed by atoms with Crippen LogP contribution in [-0.4, -0.2) is 60.2 Å². The summed E-state index contributed by atoms with van der Waals surface area (Å²) in [5.74, 6) is -2.06. The number of piperidine rings is 1. The van der Waals surface area contributed by atoms with Gasteiger partial charge in [-0.1, -0.05) is 23.2 Å². The molecule has 2 heterocycles. The summed E-state index contributed by atoms with van der Waals surface area (Å²) < 4.78 is 19.9. The maximum absolute atomic E-state index is 14.7. The molecule has 29 heavy (non-hydrogen) atoms. The number of nitrogens with one attached hydrogen (secondary N) is 1. The molecule has 3 atom stereocenters. The molecule has 0 bridgehead atoms. The lowest BCUT2D eigenvalue weighted by molar-refractivity contribution is -0.139. The number of benzene rings is 1. The van der Waals surface area contributed by atoms with Gasteiger partial charge in [0, 0.05) is 13.1 Å². The second-order valence-electron chi connectivity index (χ2n) is 7.39. The molecule has 0 radical (unpaired) electrons. The number of rotatable bonds is 6. The summed E-state index contributed by atoms with van der Waals surface area (Å²) in [5, 5.41) is 11.6. The first kappa shape index (κ1) is 20.0. The first-order valence-corrected chi connectivity index (χ1v) is 9.95. The molecule has 2 aliphatic heterocycles. The number of amides is 2. The molecule has 2 amide bonds. The Labute approximate surface area is 175 Å². The lowest BCUT2D eigenvalue weighted by Crippen LogP contribution is -2.37. The van der Waals surface area contributed by atoms with E-state index in [1.807, 2.05) is 4.90 Å². The molecule has 2 saturated heterocycles. The van der Waals surface area contributed by atoms with Crippen molar-refractivity contribution in [2.24, 2.45) is 17.8 Å². The van der Waals surface area contributed by atoms with Crippen LogP contribution in [0.4, 0.5) is 20.6 Å². The molecule has 2 N–H and O–H groups in total. The van der Waals surface area contributed by atoms with Crippen molar-refractivity contribution in [3.63, 3.8) is 0 Å². The van der Waals surface area contributed by atoms with Crippen LogP contribution >= 0.6 is 23.2 Å². The lowest BCUT2D eigenvalue weighted by atomic mass is 10.2. The smallest absolute Gasteiger partial charge is 0.414 e. The molecular weight excluding hydrogens is 428 g/mol. The van der Waals surface area contributed by atoms with E-state index in [0.717, 1.165) is 0 Å². The van der Waals surface area contributed by atoms with E-state index in [2.05, 4.69) is 5.32 Å². The van der Waals surface area contributed by atoms with Crippen LogP contribution in [0.3, 0.4) is 0 Å². The molecule has 11 heteroatoms. The van der Waals surface area contributed by atoms with E-state index in [-0.39, 0.29) is 30.8 Å². The van der Waals surface area contributed by atoms with Gasteiger partial charge in [-0.2, -0.15) is 0 Å². The Bertz CT molecular complexity index is 858. The SMILES string of the molecule is O=C(NCC1CN(c2ccc(N3CC4C(C3)C4C(=O)O)c(F)c2)C(=O)O1)C(Cl)Cl. The predicted octanol–water partition coefficient (Wildman–Crippen LogP) is 1.84. The highest BCUT2D eigenvalue weighted by atomic mass is 35.5. The topological polar surface area (TPSA) is 99.2 Å². The maximum Gasteiger partial charge on any atom is 0.414 e. The zero-order valence-electron chi connectivity index (χ0n) is 15.1. The van der Waals surface area contributed by atoms with Crippen LogP contribution < -0.4 is 15.1 Å². The molecule has 3 aliphatic rings. The normalized spacial score (nSPS) is 27.8. The zero-order valence-corrected chi connectivity index (χ0v) is 16.6. The second kappa shape index (κ2) is 7.53. The quantitative estimate of drug-likeness (QED) is 0.648. The lowest BCUT2D eigenvalue weighted by Gasteiger charge is -2.23. The Morgan fingerprint density at radius 2 is 1.97 bits per heavy atom. The van der Waals surface area contributed by atoms with Crippen molar-refractivity contribution < 1.29 is 28.6 Å². The zero-order chi connectivity index (χ0) is 20.9. The van der Waals surface area contributed by atoms with Crippen molar-refractivity contribution in [1.82, 2.24) is 5.32 Å². The molecule has 0 aromatic heterocycles. The summed E-state index contributed by atoms with van der Waals surface area (Å²) in [4.78, 5) is 36.5. The van der Waals surface area contributed by atoms with E-state index in [9.17, 15) is 18.8 Å². The molecule has 4 rings (SSSR count). The fourth-order valence-corrected chi connectivity index (χ4v) is 4.29. The number of carboxylic acids is 1. The van der Waals surface area contributed by atoms with Crippen LogP contribution in [0.2, 0.25) is 0 Å². The summed E-state index contributed by atoms with van der Waals surface area (Å²) in [6.07, 6.45) is -1.25. The predicted molar refractivity (Wildman–Crippen MR) is 103 cm³/mol. The Hall–Kier alpha value is -2.26. The van der Waals surface area contributed by atoms with E-state index in [1.165, 1.54) is 11.0 Å². The van der Waals surface area contributed by atoms with Gasteiger partial charge in [0.05, 0.1) is 30.4 Å². The molecule has 3 unspecified atom stereocenters. The largest absolute Gasteiger partial charge is 0.481 e. The second-order valence-corrected chi connectivity index (χ2v) is 8.49. The number of carbonyl (C=O) groups is 3. The monoisotopic (exact) mass is 445 g/mol. The number of aliphatic carboxylic acids is 1. The first-order chi connectivity index (χ1) is 13.8. The minimum Gasteiger partial charge on any atom is -0.481 e. The van der Waals surface area contributed by atoms with Crippen molar-refractivity contribution >= 4 is 52.5 Å². The van der Waals surface area contributed by atoms with E-state index >= 15 is 0 Å². The number of ether oxygens (including phenoxy) is 1. The fourth-order valence-electron chi connectivity index (χ4n) is 4.14. The van der Waals surface area contributed by atoms with Crippen LogP contribution in [0.25, 0.3) is 0 Å². The van der Waals surface area contributed by atoms with Crippen LogP contribution in [0.15, 0.2) is 18.2 Å². The highest BCUT2D eigenvalue weighted by molar-refractivity contribution is 6.53. The maximum atomic E-state index is 14.7. The van der Waals surface area contributed by atoms with Crippen LogP contribution in [0.1, 0.15) is 0 Å². The minimum absolute atomic E-state index is 0.0406. The number of fused-ring (bicyclic) bond motifs is 1. The molecule has 3 fully saturated rings. The molecule has 8 nitrogen and oxygen atoms in total. The van der Waals surface area contributed by atoms with Gasteiger partial charge in [0.1, 0.15) is 11.9 Å². The van der Waals surface area contributed by atoms with Crippen molar-refractivity contribution in [1.29, 1.82) is 0 Å². The highest BCUT2D eigenvalue weighted by Gasteiger charge is 2.60. The van der Waals surface area contributed by atoms with Gasteiger partial charge in [-0.15, -0.1) is 0 Å². The van der Waals surface area contributed by atoms with Gasteiger partial charge in [0.15, 0.2) is 4.84 Å². The van der Waals surface area contributed by atoms with Gasteiger partial charge in [-0.3, -0.25) is 14.5 Å². The molecule has 1 saturated carbocycles. The summed E-state index contributed by atoms with van der Waals surface area (Å²) in [6.45, 7) is 1.20. The standard InChI is InChI=1S/C18H18Cl2FN3O5/c19-15(20)16(25)22-4-9-5-24(18(28)29-9)8-1-2-13(12(21)3-8)23-6-10-11(7-23)14(10)17(26)27/h1-3,9-11,14-15H,4-7H2,(H,22,25)(H,26,27). The van der Waals surface area contributed by atoms with Gasteiger partial charge in [0.25, 0.3) is 5.91 Å². The Morgan fingerprint density at radius 1 is 1.28 bits per heavy atom. The van der Waals surface area contributed by atoms with E-state index in [4.69, 9.17) is 33.0 Å². The van der Waals surface area contributed by atoms with E-state index in [1.54, 1.807) is 12.1 Å². The molecule has 1 aliphatic carbocycles. The van der Waals surface area contributed by atoms with Crippen molar-refractivity contribution in [3.8, 4) is 0 Å². The Balaban J connectivity index is 1.38. The van der Waals surface area contributed by atoms with Gasteiger partial charge in [-0.25, -0.2) is 9.18 Å². The number of alkyl halides is 2. The van der Waals surface area contributed by atoms with Crippen LogP contribution in [-0.2, 0) is 14.3 Å². The van der Waals surface area contributed by atoms with Gasteiger partial charge in [0.2, 0.25) is 0 Å². The van der Waals surface area contributed by atoms with E-state index in [0.29, 0.717) is 24.5 Å². The molecule has 1 aromatic carbocycles. The number of cyclic esters (lactones) is 1. The number of carbonyl (C=O) groups excluding carboxylic acids is 2. The molecular formula is C18H18Cl2FN3O5. The first-order valence-electron chi connectivity index (χ1n) is 9.07. The molecule has 156 valence electrons. The third-order valence-corrected chi connectivity index (χ3v) is 6.04. The number of carboxylic acid groups (broad SMARTS) is 1. The van der Waals surface area contributed by atoms with Crippen molar-refractivity contribution in [2.75, 3.05) is 36.0 Å². The number of hydrogen-bond donors (Lipinski definition) is 2. The van der Waals surface area contributed by atoms with Crippen molar-refractivity contribution in [3.05, 3.63) is 24.0 Å². The van der Waals surface area contributed by atoms with Crippen LogP contribution in [0.5, 0.6) is 0 Å².